The van der Waals surface area contributed by atoms with Crippen molar-refractivity contribution < 1.29 is 32.9 Å². The number of ether oxygens (including phenoxy) is 3. The Morgan fingerprint density at radius 1 is 1.06 bits per heavy atom. The van der Waals surface area contributed by atoms with Crippen LogP contribution in [0, 0.1) is 0 Å². The fourth-order valence-electron chi connectivity index (χ4n) is 5.02. The molecule has 0 radical (unpaired) electrons. The van der Waals surface area contributed by atoms with Gasteiger partial charge in [-0.15, -0.1) is 0 Å². The highest BCUT2D eigenvalue weighted by atomic mass is 28.4. The largest absolute Gasteiger partial charge is 0.454 e. The third-order valence-corrected chi connectivity index (χ3v) is 12.5. The lowest BCUT2D eigenvalue weighted by Gasteiger charge is -2.45. The van der Waals surface area contributed by atoms with E-state index in [0.717, 1.165) is 5.56 Å². The second-order valence-electron chi connectivity index (χ2n) is 9.48. The number of alkyl halides is 1. The first kappa shape index (κ1) is 26.9. The first-order valence-corrected chi connectivity index (χ1v) is 13.6. The first-order valence-electron chi connectivity index (χ1n) is 11.4. The fourth-order valence-corrected chi connectivity index (χ4v) is 10.5. The van der Waals surface area contributed by atoms with Crippen LogP contribution in [0.15, 0.2) is 30.3 Å². The van der Waals surface area contributed by atoms with Crippen molar-refractivity contribution in [2.45, 2.75) is 102 Å². The number of hydrogen-bond donors (Lipinski definition) is 1. The molecular formula is C24H39FO6Si. The highest BCUT2D eigenvalue weighted by Crippen LogP contribution is 2.42. The molecule has 0 unspecified atom stereocenters. The smallest absolute Gasteiger partial charge is 0.303 e. The Hall–Kier alpha value is -1.32. The van der Waals surface area contributed by atoms with E-state index < -0.39 is 45.1 Å². The summed E-state index contributed by atoms with van der Waals surface area (Å²) in [4.78, 5) is 11.5. The van der Waals surface area contributed by atoms with E-state index in [9.17, 15) is 14.3 Å². The maximum absolute atomic E-state index is 15.0. The van der Waals surface area contributed by atoms with Crippen LogP contribution < -0.4 is 0 Å². The molecule has 32 heavy (non-hydrogen) atoms. The molecule has 0 bridgehead atoms. The van der Waals surface area contributed by atoms with Crippen molar-refractivity contribution in [2.24, 2.45) is 0 Å². The summed E-state index contributed by atoms with van der Waals surface area (Å²) in [5, 5.41) is 11.0. The van der Waals surface area contributed by atoms with Crippen molar-refractivity contribution in [1.82, 2.24) is 0 Å². The van der Waals surface area contributed by atoms with Crippen molar-refractivity contribution in [2.75, 3.05) is 6.61 Å². The van der Waals surface area contributed by atoms with Crippen molar-refractivity contribution in [3.63, 3.8) is 0 Å². The summed E-state index contributed by atoms with van der Waals surface area (Å²) in [5.74, 6) is -0.665. The van der Waals surface area contributed by atoms with Crippen LogP contribution in [0.4, 0.5) is 4.39 Å². The van der Waals surface area contributed by atoms with E-state index in [4.69, 9.17) is 18.6 Å². The van der Waals surface area contributed by atoms with Gasteiger partial charge in [0, 0.05) is 6.92 Å². The van der Waals surface area contributed by atoms with E-state index in [2.05, 4.69) is 41.5 Å². The van der Waals surface area contributed by atoms with Gasteiger partial charge < -0.3 is 23.7 Å². The normalized spacial score (nSPS) is 26.7. The van der Waals surface area contributed by atoms with Crippen molar-refractivity contribution in [3.8, 4) is 0 Å². The van der Waals surface area contributed by atoms with E-state index in [0.29, 0.717) is 16.6 Å². The third kappa shape index (κ3) is 6.17. The van der Waals surface area contributed by atoms with Gasteiger partial charge in [0.25, 0.3) is 0 Å². The molecule has 8 heteroatoms. The molecule has 6 nitrogen and oxygen atoms in total. The van der Waals surface area contributed by atoms with Gasteiger partial charge in [-0.1, -0.05) is 71.9 Å². The van der Waals surface area contributed by atoms with Gasteiger partial charge in [-0.25, -0.2) is 4.39 Å². The van der Waals surface area contributed by atoms with Gasteiger partial charge in [0.2, 0.25) is 6.36 Å². The standard InChI is InChI=1S/C24H39FO6Si/c1-15(2)32(16(3)4,17(5)6)29-14-20-21(27)22(23(24(25)31-20)30-18(7)26)28-13-19-11-9-8-10-12-19/h8-12,15-17,20-24,27H,13-14H2,1-7H3/t20-,21-,22+,23+,24+/m1/s1. The minimum absolute atomic E-state index is 0.0559. The molecule has 0 amide bonds. The highest BCUT2D eigenvalue weighted by molar-refractivity contribution is 6.77. The molecule has 1 aromatic rings. The van der Waals surface area contributed by atoms with Gasteiger partial charge in [-0.3, -0.25) is 4.79 Å². The molecule has 0 aliphatic carbocycles. The minimum atomic E-state index is -2.24. The van der Waals surface area contributed by atoms with Crippen LogP contribution in [0.2, 0.25) is 16.6 Å². The van der Waals surface area contributed by atoms with Gasteiger partial charge in [0.1, 0.15) is 18.3 Å². The molecule has 0 aromatic heterocycles. The molecule has 182 valence electrons. The van der Waals surface area contributed by atoms with Gasteiger partial charge in [0.15, 0.2) is 14.4 Å². The molecule has 1 saturated heterocycles. The Morgan fingerprint density at radius 3 is 2.12 bits per heavy atom. The molecule has 2 rings (SSSR count). The predicted molar refractivity (Wildman–Crippen MR) is 123 cm³/mol. The fraction of sp³-hybridized carbons (Fsp3) is 0.708. The molecule has 1 fully saturated rings. The highest BCUT2D eigenvalue weighted by Gasteiger charge is 2.51. The molecule has 1 N–H and O–H groups in total. The number of rotatable bonds is 10. The molecule has 1 aliphatic rings. The number of benzene rings is 1. The Kier molecular flexibility index (Phi) is 9.84. The van der Waals surface area contributed by atoms with Crippen molar-refractivity contribution in [1.29, 1.82) is 0 Å². The van der Waals surface area contributed by atoms with Crippen LogP contribution in [-0.4, -0.2) is 56.8 Å². The van der Waals surface area contributed by atoms with Crippen LogP contribution in [-0.2, 0) is 30.0 Å². The zero-order valence-electron chi connectivity index (χ0n) is 20.3. The lowest BCUT2D eigenvalue weighted by molar-refractivity contribution is -0.278. The number of carbonyl (C=O) groups is 1. The Morgan fingerprint density at radius 2 is 1.62 bits per heavy atom. The Balaban J connectivity index is 2.20. The Labute approximate surface area is 192 Å². The summed E-state index contributed by atoms with van der Waals surface area (Å²) in [7, 11) is -2.24. The summed E-state index contributed by atoms with van der Waals surface area (Å²) in [6, 6.07) is 9.35. The maximum Gasteiger partial charge on any atom is 0.303 e. The predicted octanol–water partition coefficient (Wildman–Crippen LogP) is 4.75. The van der Waals surface area contributed by atoms with Crippen molar-refractivity contribution >= 4 is 14.3 Å². The van der Waals surface area contributed by atoms with Crippen molar-refractivity contribution in [3.05, 3.63) is 35.9 Å². The second kappa shape index (κ2) is 11.7. The van der Waals surface area contributed by atoms with Crippen LogP contribution in [0.25, 0.3) is 0 Å². The molecule has 1 aliphatic heterocycles. The number of carbonyl (C=O) groups excluding carboxylic acids is 1. The molecule has 0 spiro atoms. The summed E-state index contributed by atoms with van der Waals surface area (Å²) >= 11 is 0. The third-order valence-electron chi connectivity index (χ3n) is 6.40. The zero-order chi connectivity index (χ0) is 24.1. The van der Waals surface area contributed by atoms with Crippen LogP contribution in [0.5, 0.6) is 0 Å². The Bertz CT molecular complexity index is 692. The number of aliphatic hydroxyl groups excluding tert-OH is 1. The number of hydrogen-bond acceptors (Lipinski definition) is 6. The first-order chi connectivity index (χ1) is 15.0. The van der Waals surface area contributed by atoms with Crippen LogP contribution in [0.1, 0.15) is 54.0 Å². The SMILES string of the molecule is CC(=O)O[C@H]1[C@@H](OCc2ccccc2)[C@H](O)[C@@H](CO[Si](C(C)C)(C(C)C)C(C)C)O[C@@H]1F. The molecular weight excluding hydrogens is 431 g/mol. The molecule has 1 heterocycles. The van der Waals surface area contributed by atoms with Gasteiger partial charge in [-0.2, -0.15) is 0 Å². The van der Waals surface area contributed by atoms with Gasteiger partial charge in [0.05, 0.1) is 13.2 Å². The summed E-state index contributed by atoms with van der Waals surface area (Å²) in [5.41, 5.74) is 1.87. The van der Waals surface area contributed by atoms with E-state index in [1.54, 1.807) is 0 Å². The monoisotopic (exact) mass is 470 g/mol. The number of aliphatic hydroxyl groups is 1. The number of esters is 1. The lowest BCUT2D eigenvalue weighted by atomic mass is 9.99. The van der Waals surface area contributed by atoms with Crippen LogP contribution in [0.3, 0.4) is 0 Å². The quantitative estimate of drug-likeness (QED) is 0.393. The van der Waals surface area contributed by atoms with E-state index in [1.807, 2.05) is 30.3 Å². The van der Waals surface area contributed by atoms with E-state index in [-0.39, 0.29) is 13.2 Å². The van der Waals surface area contributed by atoms with E-state index >= 15 is 0 Å². The van der Waals surface area contributed by atoms with Gasteiger partial charge in [-0.05, 0) is 22.2 Å². The average Bonchev–Trinajstić information content (AvgIpc) is 2.71. The second-order valence-corrected chi connectivity index (χ2v) is 14.9. The summed E-state index contributed by atoms with van der Waals surface area (Å²) < 4.78 is 38.0. The molecule has 5 atom stereocenters. The van der Waals surface area contributed by atoms with Crippen LogP contribution >= 0.6 is 0 Å². The summed E-state index contributed by atoms with van der Waals surface area (Å²) in [6.07, 6.45) is -6.51. The average molecular weight is 471 g/mol. The molecule has 1 aromatic carbocycles. The van der Waals surface area contributed by atoms with Gasteiger partial charge >= 0.3 is 5.97 Å². The lowest BCUT2D eigenvalue weighted by Crippen LogP contribution is -2.60. The maximum atomic E-state index is 15.0. The topological polar surface area (TPSA) is 74.2 Å². The summed E-state index contributed by atoms with van der Waals surface area (Å²) in [6.45, 7) is 14.3. The zero-order valence-corrected chi connectivity index (χ0v) is 21.3. The minimum Gasteiger partial charge on any atom is -0.454 e. The molecule has 0 saturated carbocycles. The number of halogens is 1. The van der Waals surface area contributed by atoms with E-state index in [1.165, 1.54) is 6.92 Å².